The predicted octanol–water partition coefficient (Wildman–Crippen LogP) is 0.746. The monoisotopic (exact) mass is 270 g/mol. The van der Waals surface area contributed by atoms with Crippen LogP contribution < -0.4 is 0 Å². The summed E-state index contributed by atoms with van der Waals surface area (Å²) in [6.45, 7) is -0.215. The summed E-state index contributed by atoms with van der Waals surface area (Å²) < 4.78 is 1.51. The first-order chi connectivity index (χ1) is 5.72. The largest absolute Gasteiger partial charge is 0.394 e. The van der Waals surface area contributed by atoms with Gasteiger partial charge >= 0.3 is 0 Å². The quantitative estimate of drug-likeness (QED) is 0.791. The molecule has 0 aromatic carbocycles. The highest BCUT2D eigenvalue weighted by molar-refractivity contribution is 9.11. The zero-order chi connectivity index (χ0) is 8.97. The highest BCUT2D eigenvalue weighted by atomic mass is 79.9. The molecule has 1 rings (SSSR count). The summed E-state index contributed by atoms with van der Waals surface area (Å²) in [5, 5.41) is 25.1. The fraction of sp³-hybridized carbons (Fsp3) is 0.600. The average molecular weight is 271 g/mol. The number of halogens is 1. The second-order valence-corrected chi connectivity index (χ2v) is 5.49. The first-order valence-electron chi connectivity index (χ1n) is 3.13. The average Bonchev–Trinajstić information content (AvgIpc) is 2.47. The highest BCUT2D eigenvalue weighted by Crippen LogP contribution is 2.25. The lowest BCUT2D eigenvalue weighted by Gasteiger charge is -2.02. The topological polar surface area (TPSA) is 66.2 Å². The smallest absolute Gasteiger partial charge is 0.184 e. The number of aliphatic hydroxyl groups excluding tert-OH is 2. The molecule has 0 bridgehead atoms. The van der Waals surface area contributed by atoms with E-state index in [0.717, 1.165) is 8.26 Å². The Morgan fingerprint density at radius 3 is 2.83 bits per heavy atom. The summed E-state index contributed by atoms with van der Waals surface area (Å²) in [4.78, 5) is 0. The second-order valence-electron chi connectivity index (χ2n) is 1.97. The summed E-state index contributed by atoms with van der Waals surface area (Å²) in [6, 6.07) is 0. The number of aliphatic hydroxyl groups is 2. The van der Waals surface area contributed by atoms with E-state index in [4.69, 9.17) is 10.2 Å². The number of rotatable bonds is 4. The molecule has 1 unspecified atom stereocenters. The standard InChI is InChI=1S/C5H7BrN2O2S2/c6-4-7-8-5(12-4)11-2-3(10)1-9/h3,9-10H,1-2H2. The zero-order valence-electron chi connectivity index (χ0n) is 5.97. The summed E-state index contributed by atoms with van der Waals surface area (Å²) >= 11 is 5.96. The van der Waals surface area contributed by atoms with Gasteiger partial charge in [0.15, 0.2) is 8.26 Å². The van der Waals surface area contributed by atoms with Crippen molar-refractivity contribution in [3.05, 3.63) is 3.92 Å². The van der Waals surface area contributed by atoms with E-state index in [0.29, 0.717) is 5.75 Å². The maximum Gasteiger partial charge on any atom is 0.184 e. The lowest BCUT2D eigenvalue weighted by molar-refractivity contribution is 0.113. The Hall–Kier alpha value is 0.310. The summed E-state index contributed by atoms with van der Waals surface area (Å²) in [6.07, 6.45) is -0.683. The van der Waals surface area contributed by atoms with Crippen LogP contribution in [0, 0.1) is 0 Å². The highest BCUT2D eigenvalue weighted by Gasteiger charge is 2.06. The second kappa shape index (κ2) is 5.13. The Labute approximate surface area is 86.2 Å². The van der Waals surface area contributed by atoms with E-state index in [1.165, 1.54) is 23.1 Å². The van der Waals surface area contributed by atoms with E-state index >= 15 is 0 Å². The Morgan fingerprint density at radius 2 is 2.33 bits per heavy atom. The van der Waals surface area contributed by atoms with Gasteiger partial charge in [-0.1, -0.05) is 23.1 Å². The van der Waals surface area contributed by atoms with Crippen molar-refractivity contribution in [1.29, 1.82) is 0 Å². The van der Waals surface area contributed by atoms with E-state index in [1.807, 2.05) is 0 Å². The number of hydrogen-bond acceptors (Lipinski definition) is 6. The fourth-order valence-corrected chi connectivity index (χ4v) is 2.86. The van der Waals surface area contributed by atoms with E-state index < -0.39 is 6.10 Å². The van der Waals surface area contributed by atoms with Crippen LogP contribution >= 0.6 is 39.0 Å². The SMILES string of the molecule is OCC(O)CSc1nnc(Br)s1. The van der Waals surface area contributed by atoms with Gasteiger partial charge in [-0.2, -0.15) is 0 Å². The normalized spacial score (nSPS) is 13.2. The molecule has 0 spiro atoms. The number of aromatic nitrogens is 2. The van der Waals surface area contributed by atoms with Gasteiger partial charge in [0.2, 0.25) is 0 Å². The van der Waals surface area contributed by atoms with E-state index in [1.54, 1.807) is 0 Å². The zero-order valence-corrected chi connectivity index (χ0v) is 9.19. The van der Waals surface area contributed by atoms with Gasteiger partial charge in [0.05, 0.1) is 12.7 Å². The summed E-state index contributed by atoms with van der Waals surface area (Å²) in [5.41, 5.74) is 0. The maximum atomic E-state index is 9.00. The van der Waals surface area contributed by atoms with Crippen molar-refractivity contribution in [2.24, 2.45) is 0 Å². The van der Waals surface area contributed by atoms with Crippen LogP contribution in [0.2, 0.25) is 0 Å². The minimum atomic E-state index is -0.683. The summed E-state index contributed by atoms with van der Waals surface area (Å²) in [7, 11) is 0. The number of nitrogens with zero attached hydrogens (tertiary/aromatic N) is 2. The molecule has 0 aliphatic carbocycles. The molecule has 1 aromatic rings. The van der Waals surface area contributed by atoms with Crippen LogP contribution in [-0.2, 0) is 0 Å². The molecule has 1 aromatic heterocycles. The van der Waals surface area contributed by atoms with E-state index in [2.05, 4.69) is 26.1 Å². The molecule has 0 amide bonds. The Morgan fingerprint density at radius 1 is 1.58 bits per heavy atom. The van der Waals surface area contributed by atoms with Crippen LogP contribution in [0.25, 0.3) is 0 Å². The van der Waals surface area contributed by atoms with Gasteiger partial charge in [-0.05, 0) is 15.9 Å². The lowest BCUT2D eigenvalue weighted by atomic mass is 10.4. The van der Waals surface area contributed by atoms with Gasteiger partial charge in [-0.25, -0.2) is 0 Å². The van der Waals surface area contributed by atoms with Crippen LogP contribution in [0.4, 0.5) is 0 Å². The third-order valence-electron chi connectivity index (χ3n) is 0.992. The molecule has 0 saturated carbocycles. The lowest BCUT2D eigenvalue weighted by Crippen LogP contribution is -2.14. The first-order valence-corrected chi connectivity index (χ1v) is 5.72. The van der Waals surface area contributed by atoms with E-state index in [-0.39, 0.29) is 6.61 Å². The predicted molar refractivity (Wildman–Crippen MR) is 51.4 cm³/mol. The van der Waals surface area contributed by atoms with Crippen molar-refractivity contribution >= 4 is 39.0 Å². The van der Waals surface area contributed by atoms with Crippen molar-refractivity contribution < 1.29 is 10.2 Å². The van der Waals surface area contributed by atoms with Crippen LogP contribution in [0.15, 0.2) is 8.26 Å². The van der Waals surface area contributed by atoms with Crippen LogP contribution in [0.5, 0.6) is 0 Å². The van der Waals surface area contributed by atoms with Crippen molar-refractivity contribution in [1.82, 2.24) is 10.2 Å². The Bertz CT molecular complexity index is 245. The molecule has 7 heteroatoms. The molecule has 4 nitrogen and oxygen atoms in total. The fourth-order valence-electron chi connectivity index (χ4n) is 0.472. The molecule has 0 aliphatic heterocycles. The van der Waals surface area contributed by atoms with Gasteiger partial charge in [-0.15, -0.1) is 10.2 Å². The minimum Gasteiger partial charge on any atom is -0.394 e. The van der Waals surface area contributed by atoms with Gasteiger partial charge in [0, 0.05) is 5.75 Å². The molecule has 1 heterocycles. The van der Waals surface area contributed by atoms with Gasteiger partial charge < -0.3 is 10.2 Å². The van der Waals surface area contributed by atoms with Gasteiger partial charge in [0.25, 0.3) is 0 Å². The first kappa shape index (κ1) is 10.4. The molecule has 2 N–H and O–H groups in total. The molecule has 0 radical (unpaired) electrons. The number of thioether (sulfide) groups is 1. The van der Waals surface area contributed by atoms with Crippen molar-refractivity contribution in [3.63, 3.8) is 0 Å². The van der Waals surface area contributed by atoms with E-state index in [9.17, 15) is 0 Å². The van der Waals surface area contributed by atoms with Gasteiger partial charge in [-0.3, -0.25) is 0 Å². The van der Waals surface area contributed by atoms with Crippen molar-refractivity contribution in [3.8, 4) is 0 Å². The van der Waals surface area contributed by atoms with Crippen LogP contribution in [-0.4, -0.2) is 38.9 Å². The molecule has 0 saturated heterocycles. The molecule has 12 heavy (non-hydrogen) atoms. The molecular formula is C5H7BrN2O2S2. The molecule has 0 fully saturated rings. The maximum absolute atomic E-state index is 9.00. The van der Waals surface area contributed by atoms with Crippen molar-refractivity contribution in [2.75, 3.05) is 12.4 Å². The third-order valence-corrected chi connectivity index (χ3v) is 3.63. The Balaban J connectivity index is 2.33. The minimum absolute atomic E-state index is 0.215. The number of hydrogen-bond donors (Lipinski definition) is 2. The van der Waals surface area contributed by atoms with Crippen LogP contribution in [0.3, 0.4) is 0 Å². The Kier molecular flexibility index (Phi) is 4.44. The molecule has 0 aliphatic rings. The summed E-state index contributed by atoms with van der Waals surface area (Å²) in [5.74, 6) is 0.443. The molecule has 68 valence electrons. The third kappa shape index (κ3) is 3.36. The molecular weight excluding hydrogens is 264 g/mol. The van der Waals surface area contributed by atoms with Crippen LogP contribution in [0.1, 0.15) is 0 Å². The van der Waals surface area contributed by atoms with Gasteiger partial charge in [0.1, 0.15) is 0 Å². The molecule has 1 atom stereocenters. The van der Waals surface area contributed by atoms with Crippen molar-refractivity contribution in [2.45, 2.75) is 10.4 Å².